The third-order valence-corrected chi connectivity index (χ3v) is 2.11. The highest BCUT2D eigenvalue weighted by molar-refractivity contribution is 5.32. The van der Waals surface area contributed by atoms with Crippen molar-refractivity contribution in [3.8, 4) is 0 Å². The summed E-state index contributed by atoms with van der Waals surface area (Å²) in [6.45, 7) is 3.30. The van der Waals surface area contributed by atoms with E-state index >= 15 is 0 Å². The van der Waals surface area contributed by atoms with Crippen LogP contribution in [0.1, 0.15) is 30.0 Å². The summed E-state index contributed by atoms with van der Waals surface area (Å²) in [4.78, 5) is 0. The first kappa shape index (κ1) is 11.1. The minimum absolute atomic E-state index is 0.0585. The Kier molecular flexibility index (Phi) is 3.58. The van der Waals surface area contributed by atoms with Crippen LogP contribution >= 0.6 is 0 Å². The second-order valence-electron chi connectivity index (χ2n) is 3.54. The lowest BCUT2D eigenvalue weighted by Crippen LogP contribution is -2.05. The standard InChI is InChI=1S/C11H14F2O/c1-7-3-4-9(5-8(2)14)6-10(7)11(12)13/h3-4,6,8,11,14H,5H2,1-2H3. The fourth-order valence-corrected chi connectivity index (χ4v) is 1.39. The van der Waals surface area contributed by atoms with Crippen LogP contribution in [0.2, 0.25) is 0 Å². The lowest BCUT2D eigenvalue weighted by atomic mass is 10.0. The predicted molar refractivity (Wildman–Crippen MR) is 51.5 cm³/mol. The van der Waals surface area contributed by atoms with Crippen molar-refractivity contribution in [2.24, 2.45) is 0 Å². The molecule has 0 spiro atoms. The van der Waals surface area contributed by atoms with Gasteiger partial charge in [-0.3, -0.25) is 0 Å². The van der Waals surface area contributed by atoms with Crippen LogP contribution in [0.15, 0.2) is 18.2 Å². The zero-order valence-corrected chi connectivity index (χ0v) is 8.30. The molecule has 3 heteroatoms. The van der Waals surface area contributed by atoms with E-state index in [4.69, 9.17) is 5.11 Å². The van der Waals surface area contributed by atoms with Crippen molar-refractivity contribution in [1.82, 2.24) is 0 Å². The van der Waals surface area contributed by atoms with E-state index in [1.807, 2.05) is 0 Å². The maximum Gasteiger partial charge on any atom is 0.264 e. The molecule has 1 nitrogen and oxygen atoms in total. The molecule has 0 saturated carbocycles. The monoisotopic (exact) mass is 200 g/mol. The van der Waals surface area contributed by atoms with Gasteiger partial charge >= 0.3 is 0 Å². The average molecular weight is 200 g/mol. The largest absolute Gasteiger partial charge is 0.393 e. The van der Waals surface area contributed by atoms with Gasteiger partial charge in [0.25, 0.3) is 6.43 Å². The molecule has 0 amide bonds. The molecule has 1 aromatic rings. The molecule has 0 aliphatic carbocycles. The first-order chi connectivity index (χ1) is 6.50. The van der Waals surface area contributed by atoms with Crippen molar-refractivity contribution in [3.05, 3.63) is 34.9 Å². The van der Waals surface area contributed by atoms with Gasteiger partial charge in [-0.25, -0.2) is 8.78 Å². The lowest BCUT2D eigenvalue weighted by Gasteiger charge is -2.09. The maximum absolute atomic E-state index is 12.5. The summed E-state index contributed by atoms with van der Waals surface area (Å²) in [6.07, 6.45) is -2.52. The van der Waals surface area contributed by atoms with E-state index in [9.17, 15) is 8.78 Å². The fourth-order valence-electron chi connectivity index (χ4n) is 1.39. The zero-order chi connectivity index (χ0) is 10.7. The van der Waals surface area contributed by atoms with Crippen molar-refractivity contribution in [3.63, 3.8) is 0 Å². The molecule has 1 atom stereocenters. The Hall–Kier alpha value is -0.960. The Balaban J connectivity index is 2.94. The van der Waals surface area contributed by atoms with Gasteiger partial charge in [-0.15, -0.1) is 0 Å². The number of aliphatic hydroxyl groups is 1. The summed E-state index contributed by atoms with van der Waals surface area (Å²) in [5.41, 5.74) is 1.40. The maximum atomic E-state index is 12.5. The number of aliphatic hydroxyl groups excluding tert-OH is 1. The van der Waals surface area contributed by atoms with Gasteiger partial charge in [-0.05, 0) is 37.5 Å². The van der Waals surface area contributed by atoms with E-state index in [1.54, 1.807) is 26.0 Å². The van der Waals surface area contributed by atoms with E-state index in [0.29, 0.717) is 12.0 Å². The van der Waals surface area contributed by atoms with Gasteiger partial charge in [0.2, 0.25) is 0 Å². The first-order valence-corrected chi connectivity index (χ1v) is 4.56. The molecule has 0 aliphatic heterocycles. The van der Waals surface area contributed by atoms with Crippen LogP contribution in [0.5, 0.6) is 0 Å². The van der Waals surface area contributed by atoms with E-state index in [1.165, 1.54) is 6.07 Å². The number of hydrogen-bond donors (Lipinski definition) is 1. The third-order valence-electron chi connectivity index (χ3n) is 2.11. The summed E-state index contributed by atoms with van der Waals surface area (Å²) < 4.78 is 25.0. The lowest BCUT2D eigenvalue weighted by molar-refractivity contribution is 0.150. The zero-order valence-electron chi connectivity index (χ0n) is 8.30. The molecule has 1 unspecified atom stereocenters. The van der Waals surface area contributed by atoms with Crippen LogP contribution in [-0.2, 0) is 6.42 Å². The van der Waals surface area contributed by atoms with E-state index < -0.39 is 12.5 Å². The Morgan fingerprint density at radius 1 is 1.36 bits per heavy atom. The molecular formula is C11H14F2O. The molecule has 0 bridgehead atoms. The molecule has 1 rings (SSSR count). The molecule has 1 aromatic carbocycles. The smallest absolute Gasteiger partial charge is 0.264 e. The van der Waals surface area contributed by atoms with Crippen molar-refractivity contribution in [1.29, 1.82) is 0 Å². The molecule has 0 saturated heterocycles. The third kappa shape index (κ3) is 2.77. The SMILES string of the molecule is Cc1ccc(CC(C)O)cc1C(F)F. The van der Waals surface area contributed by atoms with Crippen LogP contribution < -0.4 is 0 Å². The molecule has 0 radical (unpaired) electrons. The molecule has 78 valence electrons. The Bertz CT molecular complexity index is 308. The van der Waals surface area contributed by atoms with Gasteiger partial charge in [0.15, 0.2) is 0 Å². The van der Waals surface area contributed by atoms with Crippen LogP contribution in [0.3, 0.4) is 0 Å². The van der Waals surface area contributed by atoms with Crippen LogP contribution in [-0.4, -0.2) is 11.2 Å². The number of hydrogen-bond acceptors (Lipinski definition) is 1. The molecule has 0 fully saturated rings. The van der Waals surface area contributed by atoms with Gasteiger partial charge in [0, 0.05) is 5.56 Å². The molecule has 1 N–H and O–H groups in total. The van der Waals surface area contributed by atoms with Gasteiger partial charge in [0.05, 0.1) is 6.10 Å². The van der Waals surface area contributed by atoms with Crippen LogP contribution in [0, 0.1) is 6.92 Å². The molecule has 0 aliphatic rings. The Labute approximate surface area is 82.4 Å². The van der Waals surface area contributed by atoms with Crippen molar-refractivity contribution in [2.45, 2.75) is 32.8 Å². The van der Waals surface area contributed by atoms with Crippen LogP contribution in [0.25, 0.3) is 0 Å². The van der Waals surface area contributed by atoms with E-state index in [2.05, 4.69) is 0 Å². The molecule has 0 aromatic heterocycles. The molecular weight excluding hydrogens is 186 g/mol. The van der Waals surface area contributed by atoms with E-state index in [-0.39, 0.29) is 5.56 Å². The summed E-state index contributed by atoms with van der Waals surface area (Å²) >= 11 is 0. The number of aryl methyl sites for hydroxylation is 1. The number of rotatable bonds is 3. The predicted octanol–water partition coefficient (Wildman–Crippen LogP) is 2.86. The fraction of sp³-hybridized carbons (Fsp3) is 0.455. The molecule has 0 heterocycles. The van der Waals surface area contributed by atoms with Gasteiger partial charge in [-0.2, -0.15) is 0 Å². The highest BCUT2D eigenvalue weighted by Gasteiger charge is 2.11. The summed E-state index contributed by atoms with van der Waals surface area (Å²) in [6, 6.07) is 4.90. The second-order valence-corrected chi connectivity index (χ2v) is 3.54. The highest BCUT2D eigenvalue weighted by Crippen LogP contribution is 2.23. The minimum atomic E-state index is -2.44. The van der Waals surface area contributed by atoms with Gasteiger partial charge in [0.1, 0.15) is 0 Å². The van der Waals surface area contributed by atoms with Crippen LogP contribution in [0.4, 0.5) is 8.78 Å². The summed E-state index contributed by atoms with van der Waals surface area (Å²) in [5.74, 6) is 0. The quantitative estimate of drug-likeness (QED) is 0.795. The normalized spacial score (nSPS) is 13.3. The van der Waals surface area contributed by atoms with Gasteiger partial charge < -0.3 is 5.11 Å². The van der Waals surface area contributed by atoms with Crippen molar-refractivity contribution in [2.75, 3.05) is 0 Å². The topological polar surface area (TPSA) is 20.2 Å². The second kappa shape index (κ2) is 4.51. The Morgan fingerprint density at radius 2 is 2.00 bits per heavy atom. The van der Waals surface area contributed by atoms with E-state index in [0.717, 1.165) is 5.56 Å². The number of benzene rings is 1. The number of alkyl halides is 2. The van der Waals surface area contributed by atoms with Gasteiger partial charge in [-0.1, -0.05) is 12.1 Å². The minimum Gasteiger partial charge on any atom is -0.393 e. The highest BCUT2D eigenvalue weighted by atomic mass is 19.3. The number of halogens is 2. The average Bonchev–Trinajstić information content (AvgIpc) is 2.07. The van der Waals surface area contributed by atoms with Crippen molar-refractivity contribution < 1.29 is 13.9 Å². The summed E-state index contributed by atoms with van der Waals surface area (Å²) in [5, 5.41) is 9.12. The molecule has 14 heavy (non-hydrogen) atoms. The first-order valence-electron chi connectivity index (χ1n) is 4.56. The van der Waals surface area contributed by atoms with Crippen molar-refractivity contribution >= 4 is 0 Å². The summed E-state index contributed by atoms with van der Waals surface area (Å²) in [7, 11) is 0. The Morgan fingerprint density at radius 3 is 2.50 bits per heavy atom.